The molecule has 0 saturated heterocycles. The van der Waals surface area contributed by atoms with Crippen LogP contribution in [0.4, 0.5) is 4.39 Å². The predicted octanol–water partition coefficient (Wildman–Crippen LogP) is 3.25. The number of hydrogen-bond donors (Lipinski definition) is 1. The Morgan fingerprint density at radius 1 is 1.06 bits per heavy atom. The van der Waals surface area contributed by atoms with Gasteiger partial charge in [-0.05, 0) is 36.1 Å². The number of rotatable bonds is 3. The van der Waals surface area contributed by atoms with Gasteiger partial charge in [-0.2, -0.15) is 0 Å². The van der Waals surface area contributed by atoms with E-state index in [0.29, 0.717) is 5.92 Å². The van der Waals surface area contributed by atoms with E-state index in [0.717, 1.165) is 18.4 Å². The highest BCUT2D eigenvalue weighted by Gasteiger charge is 2.51. The van der Waals surface area contributed by atoms with Gasteiger partial charge in [-0.1, -0.05) is 42.5 Å². The quantitative estimate of drug-likeness (QED) is 0.877. The van der Waals surface area contributed by atoms with Crippen molar-refractivity contribution in [2.24, 2.45) is 5.73 Å². The average molecular weight is 241 g/mol. The van der Waals surface area contributed by atoms with Crippen LogP contribution < -0.4 is 5.73 Å². The van der Waals surface area contributed by atoms with E-state index in [1.54, 1.807) is 0 Å². The fourth-order valence-corrected chi connectivity index (χ4v) is 2.64. The molecule has 2 unspecified atom stereocenters. The van der Waals surface area contributed by atoms with Crippen LogP contribution in [-0.2, 0) is 6.42 Å². The average Bonchev–Trinajstić information content (AvgIpc) is 3.03. The summed E-state index contributed by atoms with van der Waals surface area (Å²) >= 11 is 0. The molecule has 1 aliphatic carbocycles. The maximum atomic E-state index is 12.9. The molecule has 3 rings (SSSR count). The molecule has 92 valence electrons. The summed E-state index contributed by atoms with van der Waals surface area (Å²) in [5, 5.41) is 0. The van der Waals surface area contributed by atoms with E-state index in [1.807, 2.05) is 30.3 Å². The first-order chi connectivity index (χ1) is 8.67. The van der Waals surface area contributed by atoms with Crippen molar-refractivity contribution in [2.75, 3.05) is 0 Å². The molecule has 0 radical (unpaired) electrons. The van der Waals surface area contributed by atoms with Crippen LogP contribution in [0.15, 0.2) is 54.6 Å². The fraction of sp³-hybridized carbons (Fsp3) is 0.250. The largest absolute Gasteiger partial charge is 0.324 e. The van der Waals surface area contributed by atoms with Gasteiger partial charge in [0.15, 0.2) is 0 Å². The van der Waals surface area contributed by atoms with Crippen LogP contribution in [0.2, 0.25) is 0 Å². The van der Waals surface area contributed by atoms with Crippen LogP contribution in [0.5, 0.6) is 0 Å². The van der Waals surface area contributed by atoms with Gasteiger partial charge in [-0.15, -0.1) is 0 Å². The van der Waals surface area contributed by atoms with Crippen molar-refractivity contribution >= 4 is 0 Å². The van der Waals surface area contributed by atoms with Crippen LogP contribution >= 0.6 is 0 Å². The van der Waals surface area contributed by atoms with Gasteiger partial charge in [0, 0.05) is 11.5 Å². The molecule has 1 aliphatic rings. The summed E-state index contributed by atoms with van der Waals surface area (Å²) < 4.78 is 12.9. The Bertz CT molecular complexity index is 535. The Morgan fingerprint density at radius 3 is 2.39 bits per heavy atom. The van der Waals surface area contributed by atoms with Crippen LogP contribution in [-0.4, -0.2) is 5.54 Å². The molecule has 2 aromatic carbocycles. The third kappa shape index (κ3) is 2.16. The summed E-state index contributed by atoms with van der Waals surface area (Å²) in [4.78, 5) is 0. The third-order valence-corrected chi connectivity index (χ3v) is 3.77. The predicted molar refractivity (Wildman–Crippen MR) is 70.8 cm³/mol. The number of hydrogen-bond acceptors (Lipinski definition) is 1. The highest BCUT2D eigenvalue weighted by molar-refractivity contribution is 5.35. The normalized spacial score (nSPS) is 26.0. The van der Waals surface area contributed by atoms with Crippen LogP contribution in [0.1, 0.15) is 23.5 Å². The molecular weight excluding hydrogens is 225 g/mol. The lowest BCUT2D eigenvalue weighted by atomic mass is 10.00. The standard InChI is InChI=1S/C16H16FN/c17-14-8-6-13(7-9-14)15-11-16(15,18)10-12-4-2-1-3-5-12/h1-9,15H,10-11,18H2. The van der Waals surface area contributed by atoms with Gasteiger partial charge in [-0.25, -0.2) is 4.39 Å². The Kier molecular flexibility index (Phi) is 2.67. The van der Waals surface area contributed by atoms with E-state index >= 15 is 0 Å². The molecule has 1 fully saturated rings. The molecule has 2 aromatic rings. The lowest BCUT2D eigenvalue weighted by Gasteiger charge is -2.11. The summed E-state index contributed by atoms with van der Waals surface area (Å²) in [6.45, 7) is 0. The molecule has 18 heavy (non-hydrogen) atoms. The van der Waals surface area contributed by atoms with Crippen molar-refractivity contribution in [3.63, 3.8) is 0 Å². The van der Waals surface area contributed by atoms with Gasteiger partial charge in [0.1, 0.15) is 5.82 Å². The van der Waals surface area contributed by atoms with Gasteiger partial charge in [0.05, 0.1) is 0 Å². The first-order valence-corrected chi connectivity index (χ1v) is 6.26. The van der Waals surface area contributed by atoms with Crippen molar-refractivity contribution in [1.29, 1.82) is 0 Å². The minimum Gasteiger partial charge on any atom is -0.324 e. The van der Waals surface area contributed by atoms with Crippen molar-refractivity contribution in [2.45, 2.75) is 24.3 Å². The molecule has 1 saturated carbocycles. The minimum absolute atomic E-state index is 0.154. The maximum Gasteiger partial charge on any atom is 0.123 e. The molecule has 2 atom stereocenters. The summed E-state index contributed by atoms with van der Waals surface area (Å²) in [5.74, 6) is 0.170. The minimum atomic E-state index is -0.190. The van der Waals surface area contributed by atoms with Crippen molar-refractivity contribution in [3.8, 4) is 0 Å². The van der Waals surface area contributed by atoms with E-state index in [4.69, 9.17) is 5.73 Å². The van der Waals surface area contributed by atoms with E-state index in [-0.39, 0.29) is 11.4 Å². The second kappa shape index (κ2) is 4.21. The van der Waals surface area contributed by atoms with Gasteiger partial charge >= 0.3 is 0 Å². The van der Waals surface area contributed by atoms with Crippen LogP contribution in [0.25, 0.3) is 0 Å². The molecule has 2 heteroatoms. The van der Waals surface area contributed by atoms with Crippen molar-refractivity contribution < 1.29 is 4.39 Å². The smallest absolute Gasteiger partial charge is 0.123 e. The molecule has 0 bridgehead atoms. The number of benzene rings is 2. The van der Waals surface area contributed by atoms with Gasteiger partial charge < -0.3 is 5.73 Å². The van der Waals surface area contributed by atoms with E-state index in [9.17, 15) is 4.39 Å². The SMILES string of the molecule is NC1(Cc2ccccc2)CC1c1ccc(F)cc1. The Morgan fingerprint density at radius 2 is 1.72 bits per heavy atom. The monoisotopic (exact) mass is 241 g/mol. The van der Waals surface area contributed by atoms with E-state index in [1.165, 1.54) is 17.7 Å². The lowest BCUT2D eigenvalue weighted by molar-refractivity contribution is 0.623. The number of halogens is 1. The summed E-state index contributed by atoms with van der Waals surface area (Å²) in [7, 11) is 0. The van der Waals surface area contributed by atoms with Crippen LogP contribution in [0, 0.1) is 5.82 Å². The van der Waals surface area contributed by atoms with E-state index < -0.39 is 0 Å². The van der Waals surface area contributed by atoms with E-state index in [2.05, 4.69) is 12.1 Å². The zero-order chi connectivity index (χ0) is 12.6. The molecule has 0 heterocycles. The van der Waals surface area contributed by atoms with Crippen molar-refractivity contribution in [1.82, 2.24) is 0 Å². The first kappa shape index (κ1) is 11.4. The molecule has 0 aromatic heterocycles. The summed E-state index contributed by atoms with van der Waals surface area (Å²) in [6, 6.07) is 17.0. The van der Waals surface area contributed by atoms with Crippen LogP contribution in [0.3, 0.4) is 0 Å². The van der Waals surface area contributed by atoms with Crippen molar-refractivity contribution in [3.05, 3.63) is 71.5 Å². The topological polar surface area (TPSA) is 26.0 Å². The summed E-state index contributed by atoms with van der Waals surface area (Å²) in [6.07, 6.45) is 1.86. The zero-order valence-electron chi connectivity index (χ0n) is 10.1. The summed E-state index contributed by atoms with van der Waals surface area (Å²) in [5.41, 5.74) is 8.66. The van der Waals surface area contributed by atoms with Gasteiger partial charge in [0.25, 0.3) is 0 Å². The highest BCUT2D eigenvalue weighted by Crippen LogP contribution is 2.51. The molecular formula is C16H16FN. The highest BCUT2D eigenvalue weighted by atomic mass is 19.1. The van der Waals surface area contributed by atoms with Gasteiger partial charge in [0.2, 0.25) is 0 Å². The molecule has 0 amide bonds. The first-order valence-electron chi connectivity index (χ1n) is 6.26. The third-order valence-electron chi connectivity index (χ3n) is 3.77. The molecule has 1 nitrogen and oxygen atoms in total. The molecule has 0 aliphatic heterocycles. The Hall–Kier alpha value is -1.67. The fourth-order valence-electron chi connectivity index (χ4n) is 2.64. The second-order valence-corrected chi connectivity index (χ2v) is 5.20. The molecule has 0 spiro atoms. The Balaban J connectivity index is 1.74. The maximum absolute atomic E-state index is 12.9. The molecule has 2 N–H and O–H groups in total. The van der Waals surface area contributed by atoms with Gasteiger partial charge in [-0.3, -0.25) is 0 Å². The number of nitrogens with two attached hydrogens (primary N) is 1. The second-order valence-electron chi connectivity index (χ2n) is 5.20. The lowest BCUT2D eigenvalue weighted by Crippen LogP contribution is -2.27. The zero-order valence-corrected chi connectivity index (χ0v) is 10.1. The Labute approximate surface area is 106 Å².